The molecule has 4 rings (SSSR count). The fourth-order valence-corrected chi connectivity index (χ4v) is 4.33. The number of hydrogen-bond acceptors (Lipinski definition) is 3. The number of pyridine rings is 1. The molecule has 27 heavy (non-hydrogen) atoms. The van der Waals surface area contributed by atoms with Crippen LogP contribution in [0.5, 0.6) is 0 Å². The number of piperidine rings is 1. The van der Waals surface area contributed by atoms with Gasteiger partial charge in [0.1, 0.15) is 18.2 Å². The zero-order valence-electron chi connectivity index (χ0n) is 16.1. The van der Waals surface area contributed by atoms with Crippen molar-refractivity contribution in [1.29, 1.82) is 5.26 Å². The van der Waals surface area contributed by atoms with E-state index in [1.165, 1.54) is 46.7 Å². The van der Waals surface area contributed by atoms with Gasteiger partial charge in [-0.15, -0.1) is 0 Å². The Morgan fingerprint density at radius 1 is 1.15 bits per heavy atom. The van der Waals surface area contributed by atoms with Gasteiger partial charge in [0.25, 0.3) is 0 Å². The van der Waals surface area contributed by atoms with Crippen LogP contribution >= 0.6 is 0 Å². The molecule has 3 heterocycles. The number of quaternary nitrogens is 1. The van der Waals surface area contributed by atoms with Crippen LogP contribution in [0, 0.1) is 11.3 Å². The minimum atomic E-state index is 0.718. The highest BCUT2D eigenvalue weighted by Crippen LogP contribution is 2.29. The van der Waals surface area contributed by atoms with Crippen LogP contribution in [0.15, 0.2) is 30.3 Å². The number of aromatic nitrogens is 1. The zero-order valence-corrected chi connectivity index (χ0v) is 16.1. The Balaban J connectivity index is 1.72. The molecule has 2 aromatic rings. The van der Waals surface area contributed by atoms with E-state index in [1.54, 1.807) is 0 Å². The van der Waals surface area contributed by atoms with Gasteiger partial charge in [0.15, 0.2) is 0 Å². The number of anilines is 2. The maximum Gasteiger partial charge on any atom is 0.237 e. The molecule has 0 aliphatic carbocycles. The molecule has 1 saturated heterocycles. The van der Waals surface area contributed by atoms with E-state index >= 15 is 0 Å². The molecule has 5 heteroatoms. The fraction of sp³-hybridized carbons (Fsp3) is 0.455. The van der Waals surface area contributed by atoms with Crippen molar-refractivity contribution in [3.63, 3.8) is 0 Å². The first kappa shape index (κ1) is 17.8. The number of hydrogen-bond donors (Lipinski definition) is 2. The zero-order chi connectivity index (χ0) is 18.6. The predicted octanol–water partition coefficient (Wildman–Crippen LogP) is 1.55. The Labute approximate surface area is 161 Å². The van der Waals surface area contributed by atoms with E-state index in [4.69, 9.17) is 0 Å². The van der Waals surface area contributed by atoms with Crippen molar-refractivity contribution in [3.8, 4) is 6.07 Å². The van der Waals surface area contributed by atoms with Crippen molar-refractivity contribution in [2.75, 3.05) is 36.9 Å². The number of rotatable bonds is 4. The Kier molecular flexibility index (Phi) is 5.26. The second kappa shape index (κ2) is 7.98. The molecule has 0 spiro atoms. The van der Waals surface area contributed by atoms with Crippen LogP contribution in [0.25, 0.3) is 0 Å². The number of H-pyrrole nitrogens is 1. The molecule has 5 nitrogen and oxygen atoms in total. The SMILES string of the molecule is C[NH+]1CCc2c(C#N)c(NCc3ccccc3)[nH+]c(N3CCCCC3)c2C1. The summed E-state index contributed by atoms with van der Waals surface area (Å²) in [5.41, 5.74) is 4.62. The molecule has 2 aliphatic heterocycles. The van der Waals surface area contributed by atoms with Crippen LogP contribution < -0.4 is 20.1 Å². The van der Waals surface area contributed by atoms with E-state index in [2.05, 4.69) is 52.6 Å². The number of nitriles is 1. The first-order valence-electron chi connectivity index (χ1n) is 10.1. The van der Waals surface area contributed by atoms with E-state index in [1.807, 2.05) is 6.07 Å². The third kappa shape index (κ3) is 3.77. The maximum absolute atomic E-state index is 9.91. The first-order chi connectivity index (χ1) is 13.3. The Morgan fingerprint density at radius 2 is 1.93 bits per heavy atom. The largest absolute Gasteiger partial charge is 0.333 e. The van der Waals surface area contributed by atoms with E-state index in [0.29, 0.717) is 0 Å². The van der Waals surface area contributed by atoms with Crippen molar-refractivity contribution >= 4 is 11.6 Å². The molecule has 0 bridgehead atoms. The third-order valence-electron chi connectivity index (χ3n) is 5.82. The van der Waals surface area contributed by atoms with Crippen LogP contribution in [0.4, 0.5) is 11.6 Å². The molecule has 2 aliphatic rings. The number of fused-ring (bicyclic) bond motifs is 1. The highest BCUT2D eigenvalue weighted by molar-refractivity contribution is 5.61. The highest BCUT2D eigenvalue weighted by Gasteiger charge is 2.32. The van der Waals surface area contributed by atoms with Crippen LogP contribution in [0.2, 0.25) is 0 Å². The van der Waals surface area contributed by atoms with Gasteiger partial charge in [-0.3, -0.25) is 4.90 Å². The number of likely N-dealkylation sites (N-methyl/N-ethyl adjacent to an activating group) is 1. The summed E-state index contributed by atoms with van der Waals surface area (Å²) in [5.74, 6) is 2.11. The van der Waals surface area contributed by atoms with Gasteiger partial charge in [0, 0.05) is 6.42 Å². The van der Waals surface area contributed by atoms with Gasteiger partial charge in [-0.2, -0.15) is 5.26 Å². The van der Waals surface area contributed by atoms with Gasteiger partial charge in [0.05, 0.1) is 38.8 Å². The predicted molar refractivity (Wildman–Crippen MR) is 107 cm³/mol. The van der Waals surface area contributed by atoms with E-state index < -0.39 is 0 Å². The van der Waals surface area contributed by atoms with Crippen LogP contribution in [-0.4, -0.2) is 26.7 Å². The highest BCUT2D eigenvalue weighted by atomic mass is 15.2. The second-order valence-corrected chi connectivity index (χ2v) is 7.81. The summed E-state index contributed by atoms with van der Waals surface area (Å²) in [6.45, 7) is 5.00. The van der Waals surface area contributed by atoms with E-state index in [-0.39, 0.29) is 0 Å². The molecule has 1 fully saturated rings. The summed E-state index contributed by atoms with van der Waals surface area (Å²) in [4.78, 5) is 7.64. The minimum absolute atomic E-state index is 0.718. The molecular weight excluding hydrogens is 334 g/mol. The summed E-state index contributed by atoms with van der Waals surface area (Å²) >= 11 is 0. The molecule has 140 valence electrons. The average Bonchev–Trinajstić information content (AvgIpc) is 2.72. The average molecular weight is 364 g/mol. The summed E-state index contributed by atoms with van der Waals surface area (Å²) in [6.07, 6.45) is 4.79. The van der Waals surface area contributed by atoms with Crippen molar-refractivity contribution in [3.05, 3.63) is 52.6 Å². The maximum atomic E-state index is 9.91. The van der Waals surface area contributed by atoms with Crippen molar-refractivity contribution in [2.24, 2.45) is 0 Å². The number of benzene rings is 1. The molecule has 0 radical (unpaired) electrons. The summed E-state index contributed by atoms with van der Waals surface area (Å²) in [7, 11) is 2.25. The van der Waals surface area contributed by atoms with Crippen LogP contribution in [-0.2, 0) is 19.5 Å². The van der Waals surface area contributed by atoms with Crippen LogP contribution in [0.1, 0.15) is 41.5 Å². The smallest absolute Gasteiger partial charge is 0.237 e. The lowest BCUT2D eigenvalue weighted by molar-refractivity contribution is -0.895. The van der Waals surface area contributed by atoms with E-state index in [0.717, 1.165) is 50.5 Å². The summed E-state index contributed by atoms with van der Waals surface area (Å²) in [6, 6.07) is 12.8. The van der Waals surface area contributed by atoms with Gasteiger partial charge < -0.3 is 10.2 Å². The van der Waals surface area contributed by atoms with Gasteiger partial charge in [-0.05, 0) is 30.4 Å². The molecule has 1 atom stereocenters. The Bertz CT molecular complexity index is 834. The quantitative estimate of drug-likeness (QED) is 0.866. The minimum Gasteiger partial charge on any atom is -0.333 e. The lowest BCUT2D eigenvalue weighted by Gasteiger charge is -2.30. The van der Waals surface area contributed by atoms with Gasteiger partial charge >= 0.3 is 0 Å². The Hall–Kier alpha value is -2.58. The molecule has 1 unspecified atom stereocenters. The van der Waals surface area contributed by atoms with Crippen LogP contribution in [0.3, 0.4) is 0 Å². The van der Waals surface area contributed by atoms with Crippen molar-refractivity contribution in [1.82, 2.24) is 0 Å². The van der Waals surface area contributed by atoms with Crippen molar-refractivity contribution in [2.45, 2.75) is 38.8 Å². The number of aromatic amines is 1. The van der Waals surface area contributed by atoms with Gasteiger partial charge in [-0.25, -0.2) is 4.98 Å². The second-order valence-electron chi connectivity index (χ2n) is 7.81. The number of nitrogens with one attached hydrogen (secondary N) is 3. The fourth-order valence-electron chi connectivity index (χ4n) is 4.33. The molecule has 1 aromatic heterocycles. The Morgan fingerprint density at radius 3 is 2.67 bits per heavy atom. The lowest BCUT2D eigenvalue weighted by Crippen LogP contribution is -3.08. The van der Waals surface area contributed by atoms with Crippen molar-refractivity contribution < 1.29 is 9.88 Å². The molecule has 3 N–H and O–H groups in total. The lowest BCUT2D eigenvalue weighted by atomic mass is 9.95. The third-order valence-corrected chi connectivity index (χ3v) is 5.82. The molecule has 0 saturated carbocycles. The topological polar surface area (TPSA) is 57.6 Å². The normalized spacial score (nSPS) is 19.3. The standard InChI is InChI=1S/C22H27N5/c1-26-13-10-18-19(14-23)21(24-15-17-8-4-2-5-9-17)25-22(20(18)16-26)27-11-6-3-7-12-27/h2,4-5,8-9H,3,6-7,10-13,15-16H2,1H3,(H,24,25)/p+2. The van der Waals surface area contributed by atoms with E-state index in [9.17, 15) is 5.26 Å². The molecule has 0 amide bonds. The molecular formula is C22H29N5+2. The molecule has 1 aromatic carbocycles. The van der Waals surface area contributed by atoms with Gasteiger partial charge in [-0.1, -0.05) is 30.3 Å². The first-order valence-corrected chi connectivity index (χ1v) is 10.1. The summed E-state index contributed by atoms with van der Waals surface area (Å²) < 4.78 is 0. The monoisotopic (exact) mass is 363 g/mol. The van der Waals surface area contributed by atoms with Gasteiger partial charge in [0.2, 0.25) is 11.6 Å². The summed E-state index contributed by atoms with van der Waals surface area (Å²) in [5, 5.41) is 13.4. The number of nitrogens with zero attached hydrogens (tertiary/aromatic N) is 2.